The first-order chi connectivity index (χ1) is 11.0. The molecule has 4 rings (SSSR count). The van der Waals surface area contributed by atoms with E-state index in [0.717, 1.165) is 37.1 Å². The first kappa shape index (κ1) is 17.5. The fourth-order valence-corrected chi connectivity index (χ4v) is 5.27. The largest absolute Gasteiger partial charge is 0.508 e. The number of Topliss-reactive ketones (excluding diaryl/α,β-unsaturated/α-hetero) is 1. The monoisotopic (exact) mass is 349 g/mol. The van der Waals surface area contributed by atoms with Gasteiger partial charge in [0, 0.05) is 30.8 Å². The number of aromatic hydroxyl groups is 1. The number of aliphatic hydroxyl groups is 1. The number of rotatable bonds is 2. The quantitative estimate of drug-likeness (QED) is 0.805. The van der Waals surface area contributed by atoms with Gasteiger partial charge in [0.05, 0.1) is 5.60 Å². The van der Waals surface area contributed by atoms with Gasteiger partial charge in [-0.1, -0.05) is 12.1 Å². The van der Waals surface area contributed by atoms with Gasteiger partial charge in [0.15, 0.2) is 0 Å². The molecule has 2 fully saturated rings. The lowest BCUT2D eigenvalue weighted by molar-refractivity contribution is -0.170. The Kier molecular flexibility index (Phi) is 4.27. The second-order valence-corrected chi connectivity index (χ2v) is 7.32. The van der Waals surface area contributed by atoms with E-state index in [4.69, 9.17) is 0 Å². The van der Waals surface area contributed by atoms with Gasteiger partial charge in [0.1, 0.15) is 11.5 Å². The van der Waals surface area contributed by atoms with E-state index in [2.05, 4.69) is 11.5 Å². The normalized spacial score (nSPS) is 34.7. The molecule has 3 aliphatic rings. The summed E-state index contributed by atoms with van der Waals surface area (Å²) in [5.41, 5.74) is 0.698. The van der Waals surface area contributed by atoms with Gasteiger partial charge in [-0.05, 0) is 49.1 Å². The predicted molar refractivity (Wildman–Crippen MR) is 94.7 cm³/mol. The van der Waals surface area contributed by atoms with Crippen LogP contribution in [-0.2, 0) is 16.6 Å². The minimum absolute atomic E-state index is 0. The molecule has 1 aromatic rings. The third kappa shape index (κ3) is 2.17. The van der Waals surface area contributed by atoms with E-state index < -0.39 is 11.0 Å². The second-order valence-electron chi connectivity index (χ2n) is 7.32. The topological polar surface area (TPSA) is 60.8 Å². The number of likely N-dealkylation sites (tertiary alicyclic amines) is 1. The van der Waals surface area contributed by atoms with E-state index in [0.29, 0.717) is 19.3 Å². The molecule has 0 aromatic heterocycles. The number of phenolic OH excluding ortho intramolecular Hbond substituents is 1. The van der Waals surface area contributed by atoms with Crippen LogP contribution in [0.2, 0.25) is 0 Å². The van der Waals surface area contributed by atoms with Crippen molar-refractivity contribution in [3.8, 4) is 5.75 Å². The van der Waals surface area contributed by atoms with Gasteiger partial charge in [-0.15, -0.1) is 19.0 Å². The lowest BCUT2D eigenvalue weighted by atomic mass is 9.49. The molecule has 1 saturated carbocycles. The summed E-state index contributed by atoms with van der Waals surface area (Å²) in [5.74, 6) is 0.437. The van der Waals surface area contributed by atoms with E-state index in [9.17, 15) is 15.0 Å². The zero-order chi connectivity index (χ0) is 16.2. The van der Waals surface area contributed by atoms with E-state index in [1.807, 2.05) is 12.1 Å². The molecule has 2 aliphatic carbocycles. The number of fused-ring (bicyclic) bond motifs is 1. The predicted octanol–water partition coefficient (Wildman–Crippen LogP) is 2.35. The summed E-state index contributed by atoms with van der Waals surface area (Å²) in [7, 11) is 0. The molecule has 0 spiro atoms. The van der Waals surface area contributed by atoms with Crippen LogP contribution >= 0.6 is 12.4 Å². The molecular weight excluding hydrogens is 326 g/mol. The molecule has 1 aliphatic heterocycles. The van der Waals surface area contributed by atoms with Gasteiger partial charge in [0.2, 0.25) is 0 Å². The van der Waals surface area contributed by atoms with Gasteiger partial charge in [-0.3, -0.25) is 9.69 Å². The zero-order valence-corrected chi connectivity index (χ0v) is 14.5. The Balaban J connectivity index is 0.00000169. The third-order valence-corrected chi connectivity index (χ3v) is 6.32. The molecule has 0 amide bonds. The molecule has 1 heterocycles. The highest BCUT2D eigenvalue weighted by Gasteiger charge is 2.64. The number of carbonyl (C=O) groups is 1. The van der Waals surface area contributed by atoms with E-state index in [-0.39, 0.29) is 30.0 Å². The minimum Gasteiger partial charge on any atom is -0.508 e. The number of hydrogen-bond acceptors (Lipinski definition) is 4. The Morgan fingerprint density at radius 2 is 2.17 bits per heavy atom. The van der Waals surface area contributed by atoms with Crippen LogP contribution in [0.1, 0.15) is 36.8 Å². The summed E-state index contributed by atoms with van der Waals surface area (Å²) in [4.78, 5) is 14.6. The summed E-state index contributed by atoms with van der Waals surface area (Å²) in [6.07, 6.45) is 4.74. The molecule has 2 N–H and O–H groups in total. The summed E-state index contributed by atoms with van der Waals surface area (Å²) in [5, 5.41) is 21.7. The molecule has 4 nitrogen and oxygen atoms in total. The van der Waals surface area contributed by atoms with Crippen molar-refractivity contribution in [2.45, 2.75) is 49.2 Å². The van der Waals surface area contributed by atoms with Crippen LogP contribution in [-0.4, -0.2) is 45.6 Å². The van der Waals surface area contributed by atoms with Crippen LogP contribution in [0.5, 0.6) is 5.75 Å². The van der Waals surface area contributed by atoms with Gasteiger partial charge in [0.25, 0.3) is 0 Å². The molecule has 0 radical (unpaired) electrons. The third-order valence-electron chi connectivity index (χ3n) is 6.32. The number of piperidine rings is 1. The fraction of sp³-hybridized carbons (Fsp3) is 0.526. The highest BCUT2D eigenvalue weighted by Crippen LogP contribution is 2.57. The molecule has 1 saturated heterocycles. The minimum atomic E-state index is -0.900. The molecule has 130 valence electrons. The second kappa shape index (κ2) is 5.87. The highest BCUT2D eigenvalue weighted by atomic mass is 35.5. The number of phenols is 1. The van der Waals surface area contributed by atoms with Crippen LogP contribution in [0, 0.1) is 0 Å². The van der Waals surface area contributed by atoms with Crippen molar-refractivity contribution in [1.29, 1.82) is 0 Å². The SMILES string of the molecule is C=CCN1CC[C@]23CC(=O)CC[C@@]2(O)[C@@H]1Cc1ccc(O)cc13.Cl. The van der Waals surface area contributed by atoms with Crippen LogP contribution in [0.25, 0.3) is 0 Å². The smallest absolute Gasteiger partial charge is 0.134 e. The maximum atomic E-state index is 12.3. The average Bonchev–Trinajstić information content (AvgIpc) is 2.52. The summed E-state index contributed by atoms with van der Waals surface area (Å²) in [6, 6.07) is 5.45. The Hall–Kier alpha value is -1.36. The fourth-order valence-electron chi connectivity index (χ4n) is 5.27. The first-order valence-corrected chi connectivity index (χ1v) is 8.41. The summed E-state index contributed by atoms with van der Waals surface area (Å²) in [6.45, 7) is 5.45. The van der Waals surface area contributed by atoms with Crippen LogP contribution in [0.4, 0.5) is 0 Å². The maximum absolute atomic E-state index is 12.3. The van der Waals surface area contributed by atoms with Crippen molar-refractivity contribution >= 4 is 18.2 Å². The molecule has 5 heteroatoms. The molecule has 24 heavy (non-hydrogen) atoms. The maximum Gasteiger partial charge on any atom is 0.134 e. The van der Waals surface area contributed by atoms with E-state index >= 15 is 0 Å². The van der Waals surface area contributed by atoms with Gasteiger partial charge < -0.3 is 10.2 Å². The van der Waals surface area contributed by atoms with Crippen molar-refractivity contribution in [3.63, 3.8) is 0 Å². The van der Waals surface area contributed by atoms with Gasteiger partial charge in [-0.25, -0.2) is 0 Å². The zero-order valence-electron chi connectivity index (χ0n) is 13.7. The lowest BCUT2D eigenvalue weighted by Gasteiger charge is -2.63. The van der Waals surface area contributed by atoms with Crippen LogP contribution in [0.15, 0.2) is 30.9 Å². The molecular formula is C19H24ClNO3. The van der Waals surface area contributed by atoms with Gasteiger partial charge in [-0.2, -0.15) is 0 Å². The molecule has 2 bridgehead atoms. The standard InChI is InChI=1S/C19H23NO3.ClH/c1-2-8-20-9-7-18-12-15(22)5-6-19(18,23)17(20)10-13-3-4-14(21)11-16(13)18;/h2-4,11,17,21,23H,1,5-10,12H2;1H/t17-,18+,19+;/m0./s1. The van der Waals surface area contributed by atoms with Gasteiger partial charge >= 0.3 is 0 Å². The van der Waals surface area contributed by atoms with Crippen LogP contribution < -0.4 is 0 Å². The van der Waals surface area contributed by atoms with Crippen molar-refractivity contribution in [2.24, 2.45) is 0 Å². The average molecular weight is 350 g/mol. The van der Waals surface area contributed by atoms with Crippen molar-refractivity contribution in [3.05, 3.63) is 42.0 Å². The number of hydrogen-bond donors (Lipinski definition) is 2. The number of ketones is 1. The highest BCUT2D eigenvalue weighted by molar-refractivity contribution is 5.85. The summed E-state index contributed by atoms with van der Waals surface area (Å²) < 4.78 is 0. The van der Waals surface area contributed by atoms with Crippen LogP contribution in [0.3, 0.4) is 0 Å². The molecule has 1 aromatic carbocycles. The number of nitrogens with zero attached hydrogens (tertiary/aromatic N) is 1. The first-order valence-electron chi connectivity index (χ1n) is 8.41. The molecule has 3 atom stereocenters. The van der Waals surface area contributed by atoms with Crippen molar-refractivity contribution in [2.75, 3.05) is 13.1 Å². The Bertz CT molecular complexity index is 691. The number of benzene rings is 1. The Morgan fingerprint density at radius 1 is 1.38 bits per heavy atom. The van der Waals surface area contributed by atoms with E-state index in [1.165, 1.54) is 0 Å². The Labute approximate surface area is 148 Å². The lowest BCUT2D eigenvalue weighted by Crippen LogP contribution is -2.73. The number of halogens is 1. The molecule has 0 unspecified atom stereocenters. The van der Waals surface area contributed by atoms with Crippen molar-refractivity contribution in [1.82, 2.24) is 4.90 Å². The van der Waals surface area contributed by atoms with E-state index in [1.54, 1.807) is 12.1 Å². The van der Waals surface area contributed by atoms with Crippen molar-refractivity contribution < 1.29 is 15.0 Å². The Morgan fingerprint density at radius 3 is 2.92 bits per heavy atom. The number of carbonyl (C=O) groups excluding carboxylic acids is 1. The summed E-state index contributed by atoms with van der Waals surface area (Å²) >= 11 is 0.